The Morgan fingerprint density at radius 1 is 1.00 bits per heavy atom. The van der Waals surface area contributed by atoms with Crippen molar-refractivity contribution in [2.45, 2.75) is 6.54 Å². The summed E-state index contributed by atoms with van der Waals surface area (Å²) >= 11 is 0. The third-order valence-electron chi connectivity index (χ3n) is 5.21. The van der Waals surface area contributed by atoms with Gasteiger partial charge in [-0.15, -0.1) is 0 Å². The van der Waals surface area contributed by atoms with E-state index in [-0.39, 0.29) is 6.54 Å². The Hall–Kier alpha value is -4.27. The molecule has 2 N–H and O–H groups in total. The number of hydrogen-bond acceptors (Lipinski definition) is 4. The molecular weight excluding hydrogens is 447 g/mol. The van der Waals surface area contributed by atoms with Crippen molar-refractivity contribution in [1.82, 2.24) is 15.3 Å². The van der Waals surface area contributed by atoms with Crippen LogP contribution in [0.15, 0.2) is 60.8 Å². The molecule has 0 aliphatic heterocycles. The van der Waals surface area contributed by atoms with Crippen molar-refractivity contribution >= 4 is 5.91 Å². The zero-order valence-electron chi connectivity index (χ0n) is 18.3. The number of aromatic nitrogens is 2. The fraction of sp³-hybridized carbons (Fsp3) is 0.120. The Kier molecular flexibility index (Phi) is 6.53. The average molecular weight is 467 g/mol. The van der Waals surface area contributed by atoms with Crippen molar-refractivity contribution in [2.75, 3.05) is 14.2 Å². The van der Waals surface area contributed by atoms with E-state index in [1.165, 1.54) is 0 Å². The van der Waals surface area contributed by atoms with Gasteiger partial charge in [-0.2, -0.15) is 0 Å². The molecule has 0 saturated heterocycles. The van der Waals surface area contributed by atoms with Gasteiger partial charge in [0.25, 0.3) is 5.91 Å². The highest BCUT2D eigenvalue weighted by Gasteiger charge is 2.18. The summed E-state index contributed by atoms with van der Waals surface area (Å²) in [6, 6.07) is 14.2. The molecule has 1 heterocycles. The van der Waals surface area contributed by atoms with E-state index in [1.54, 1.807) is 50.7 Å². The fourth-order valence-electron chi connectivity index (χ4n) is 3.44. The first-order valence-electron chi connectivity index (χ1n) is 10.2. The van der Waals surface area contributed by atoms with Gasteiger partial charge in [-0.25, -0.2) is 18.2 Å². The van der Waals surface area contributed by atoms with Crippen LogP contribution in [0.25, 0.3) is 22.6 Å². The molecule has 0 fully saturated rings. The van der Waals surface area contributed by atoms with Crippen LogP contribution in [0.3, 0.4) is 0 Å². The standard InChI is InChI=1S/C25H20F3N3O3/c1-33-16-6-9-21(34-2)18(11-16)20-13-29-24(31-20)15-5-3-4-14(10-15)12-30-25(32)17-7-8-19(26)23(28)22(17)27/h3-11,13H,12H2,1-2H3,(H,29,31)(H,30,32). The molecule has 6 nitrogen and oxygen atoms in total. The molecule has 3 aromatic carbocycles. The summed E-state index contributed by atoms with van der Waals surface area (Å²) < 4.78 is 51.1. The van der Waals surface area contributed by atoms with Crippen molar-refractivity contribution in [3.63, 3.8) is 0 Å². The molecule has 0 spiro atoms. The maximum Gasteiger partial charge on any atom is 0.254 e. The Balaban J connectivity index is 1.52. The second kappa shape index (κ2) is 9.70. The molecule has 0 atom stereocenters. The van der Waals surface area contributed by atoms with Crippen molar-refractivity contribution in [3.8, 4) is 34.1 Å². The number of nitrogens with one attached hydrogen (secondary N) is 2. The van der Waals surface area contributed by atoms with Gasteiger partial charge in [0, 0.05) is 17.7 Å². The van der Waals surface area contributed by atoms with E-state index in [1.807, 2.05) is 12.1 Å². The van der Waals surface area contributed by atoms with Crippen LogP contribution in [0.5, 0.6) is 11.5 Å². The van der Waals surface area contributed by atoms with Gasteiger partial charge in [-0.05, 0) is 42.0 Å². The molecule has 9 heteroatoms. The van der Waals surface area contributed by atoms with E-state index in [9.17, 15) is 18.0 Å². The number of methoxy groups -OCH3 is 2. The van der Waals surface area contributed by atoms with Gasteiger partial charge in [-0.3, -0.25) is 4.79 Å². The summed E-state index contributed by atoms with van der Waals surface area (Å²) in [4.78, 5) is 19.9. The number of H-pyrrole nitrogens is 1. The Morgan fingerprint density at radius 2 is 1.82 bits per heavy atom. The van der Waals surface area contributed by atoms with Crippen LogP contribution in [-0.2, 0) is 6.54 Å². The molecule has 1 amide bonds. The molecule has 0 saturated carbocycles. The normalized spacial score (nSPS) is 10.7. The van der Waals surface area contributed by atoms with E-state index in [0.29, 0.717) is 29.0 Å². The lowest BCUT2D eigenvalue weighted by atomic mass is 10.1. The Labute approximate surface area is 193 Å². The number of benzene rings is 3. The van der Waals surface area contributed by atoms with Gasteiger partial charge in [-0.1, -0.05) is 18.2 Å². The largest absolute Gasteiger partial charge is 0.497 e. The maximum atomic E-state index is 13.9. The number of amides is 1. The third kappa shape index (κ3) is 4.59. The highest BCUT2D eigenvalue weighted by molar-refractivity contribution is 5.94. The van der Waals surface area contributed by atoms with Crippen LogP contribution >= 0.6 is 0 Å². The minimum absolute atomic E-state index is 0.0440. The quantitative estimate of drug-likeness (QED) is 0.371. The first-order chi connectivity index (χ1) is 16.4. The molecule has 174 valence electrons. The van der Waals surface area contributed by atoms with Crippen LogP contribution in [0.4, 0.5) is 13.2 Å². The van der Waals surface area contributed by atoms with Crippen LogP contribution in [0, 0.1) is 17.5 Å². The molecule has 0 bridgehead atoms. The summed E-state index contributed by atoms with van der Waals surface area (Å²) in [6.07, 6.45) is 1.67. The summed E-state index contributed by atoms with van der Waals surface area (Å²) in [5.41, 5.74) is 2.37. The summed E-state index contributed by atoms with van der Waals surface area (Å²) in [5, 5.41) is 2.51. The number of carbonyl (C=O) groups is 1. The second-order valence-electron chi connectivity index (χ2n) is 7.32. The molecule has 0 radical (unpaired) electrons. The number of hydrogen-bond donors (Lipinski definition) is 2. The van der Waals surface area contributed by atoms with Crippen molar-refractivity contribution in [1.29, 1.82) is 0 Å². The lowest BCUT2D eigenvalue weighted by Gasteiger charge is -2.09. The van der Waals surface area contributed by atoms with Crippen LogP contribution < -0.4 is 14.8 Å². The van der Waals surface area contributed by atoms with E-state index in [2.05, 4.69) is 15.3 Å². The monoisotopic (exact) mass is 467 g/mol. The van der Waals surface area contributed by atoms with Gasteiger partial charge >= 0.3 is 0 Å². The minimum Gasteiger partial charge on any atom is -0.497 e. The Bertz CT molecular complexity index is 1350. The maximum absolute atomic E-state index is 13.9. The van der Waals surface area contributed by atoms with E-state index in [4.69, 9.17) is 9.47 Å². The lowest BCUT2D eigenvalue weighted by molar-refractivity contribution is 0.0945. The van der Waals surface area contributed by atoms with E-state index < -0.39 is 28.9 Å². The van der Waals surface area contributed by atoms with Crippen molar-refractivity contribution in [3.05, 3.63) is 89.4 Å². The summed E-state index contributed by atoms with van der Waals surface area (Å²) in [5.74, 6) is -3.52. The topological polar surface area (TPSA) is 76.2 Å². The second-order valence-corrected chi connectivity index (χ2v) is 7.32. The first-order valence-corrected chi connectivity index (χ1v) is 10.2. The predicted octanol–water partition coefficient (Wildman–Crippen LogP) is 5.11. The molecule has 34 heavy (non-hydrogen) atoms. The lowest BCUT2D eigenvalue weighted by Crippen LogP contribution is -2.24. The van der Waals surface area contributed by atoms with Crippen LogP contribution in [0.1, 0.15) is 15.9 Å². The van der Waals surface area contributed by atoms with Gasteiger partial charge < -0.3 is 19.8 Å². The number of aromatic amines is 1. The number of halogens is 3. The molecule has 0 unspecified atom stereocenters. The van der Waals surface area contributed by atoms with E-state index >= 15 is 0 Å². The molecule has 4 aromatic rings. The summed E-state index contributed by atoms with van der Waals surface area (Å²) in [6.45, 7) is 0.0440. The van der Waals surface area contributed by atoms with Gasteiger partial charge in [0.2, 0.25) is 0 Å². The molecule has 1 aromatic heterocycles. The highest BCUT2D eigenvalue weighted by atomic mass is 19.2. The van der Waals surface area contributed by atoms with Gasteiger partial charge in [0.05, 0.1) is 31.7 Å². The van der Waals surface area contributed by atoms with Crippen LogP contribution in [0.2, 0.25) is 0 Å². The van der Waals surface area contributed by atoms with Gasteiger partial charge in [0.15, 0.2) is 17.5 Å². The number of rotatable bonds is 7. The number of carbonyl (C=O) groups excluding carboxylic acids is 1. The van der Waals surface area contributed by atoms with Gasteiger partial charge in [0.1, 0.15) is 17.3 Å². The zero-order chi connectivity index (χ0) is 24.2. The zero-order valence-corrected chi connectivity index (χ0v) is 18.3. The third-order valence-corrected chi connectivity index (χ3v) is 5.21. The van der Waals surface area contributed by atoms with Crippen molar-refractivity contribution in [2.24, 2.45) is 0 Å². The molecule has 4 rings (SSSR count). The van der Waals surface area contributed by atoms with Crippen molar-refractivity contribution < 1.29 is 27.4 Å². The number of nitrogens with zero attached hydrogens (tertiary/aromatic N) is 1. The molecule has 0 aliphatic carbocycles. The molecular formula is C25H20F3N3O3. The smallest absolute Gasteiger partial charge is 0.254 e. The summed E-state index contributed by atoms with van der Waals surface area (Å²) in [7, 11) is 3.15. The molecule has 0 aliphatic rings. The van der Waals surface area contributed by atoms with Crippen LogP contribution in [-0.4, -0.2) is 30.1 Å². The Morgan fingerprint density at radius 3 is 2.59 bits per heavy atom. The SMILES string of the molecule is COc1ccc(OC)c(-c2cnc(-c3cccc(CNC(=O)c4ccc(F)c(F)c4F)c3)[nH]2)c1. The van der Waals surface area contributed by atoms with E-state index in [0.717, 1.165) is 22.9 Å². The minimum atomic E-state index is -1.68. The predicted molar refractivity (Wildman–Crippen MR) is 120 cm³/mol. The highest BCUT2D eigenvalue weighted by Crippen LogP contribution is 2.33. The first kappa shape index (κ1) is 22.9. The number of imidazole rings is 1. The fourth-order valence-corrected chi connectivity index (χ4v) is 3.44. The average Bonchev–Trinajstić information content (AvgIpc) is 3.36. The number of ether oxygens (including phenoxy) is 2.